The van der Waals surface area contributed by atoms with Crippen LogP contribution in [0.15, 0.2) is 322 Å². The SMILES string of the molecule is Cc1ccc(-c2ccccc2)cc1.Cc1ccc2c(c1)C(C)(C)c1ccccc1-2.Cc1ccc2c3c(cccc13)-c1ccccc1-2.Cc1ccc2ccc3cccc4ccc1c2c34.Cc1ccc2ccccc2c1.Cc1ccc2ccccc2c1.Cc1ccccc1. The van der Waals surface area contributed by atoms with Gasteiger partial charge in [-0.3, -0.25) is 0 Å². The molecule has 0 saturated heterocycles. The molecule has 0 fully saturated rings. The zero-order chi connectivity index (χ0) is 63.7. The molecule has 2 aliphatic rings. The van der Waals surface area contributed by atoms with Gasteiger partial charge >= 0.3 is 0 Å². The molecule has 0 amide bonds. The zero-order valence-electron chi connectivity index (χ0n) is 54.6. The first-order valence-corrected chi connectivity index (χ1v) is 32.3. The molecule has 0 bridgehead atoms. The summed E-state index contributed by atoms with van der Waals surface area (Å²) in [5.74, 6) is 0. The maximum absolute atomic E-state index is 2.33. The molecular formula is C92H80. The van der Waals surface area contributed by atoms with Gasteiger partial charge in [0, 0.05) is 5.41 Å². The Labute approximate surface area is 545 Å². The maximum Gasteiger partial charge on any atom is 0.0158 e. The van der Waals surface area contributed by atoms with Crippen LogP contribution in [0.4, 0.5) is 0 Å². The van der Waals surface area contributed by atoms with Crippen molar-refractivity contribution in [1.29, 1.82) is 0 Å². The largest absolute Gasteiger partial charge is 0.0622 e. The van der Waals surface area contributed by atoms with Gasteiger partial charge in [-0.15, -0.1) is 0 Å². The number of fused-ring (bicyclic) bond motifs is 8. The topological polar surface area (TPSA) is 0 Å². The lowest BCUT2D eigenvalue weighted by molar-refractivity contribution is 0.660. The normalized spacial score (nSPS) is 11.6. The molecule has 2 aliphatic carbocycles. The van der Waals surface area contributed by atoms with Crippen LogP contribution in [0, 0.1) is 48.5 Å². The molecule has 448 valence electrons. The number of aryl methyl sites for hydroxylation is 7. The smallest absolute Gasteiger partial charge is 0.0158 e. The monoisotopic (exact) mass is 1180 g/mol. The molecule has 0 heterocycles. The van der Waals surface area contributed by atoms with Gasteiger partial charge in [0.15, 0.2) is 0 Å². The summed E-state index contributed by atoms with van der Waals surface area (Å²) < 4.78 is 0. The molecule has 0 unspecified atom stereocenters. The van der Waals surface area contributed by atoms with Crippen LogP contribution in [0.3, 0.4) is 0 Å². The highest BCUT2D eigenvalue weighted by Crippen LogP contribution is 2.49. The zero-order valence-corrected chi connectivity index (χ0v) is 54.6. The standard InChI is InChI=1S/2C17H12.C16H16.C13H12.2C11H10.C7H8/c1-11-9-10-16-14-6-3-2-5-13(14)15-8-4-7-12(11)17(15)16;1-11-5-6-14-8-7-12-3-2-4-13-9-10-15(11)17(14)16(12)13;1-11-8-9-13-12-6-4-5-7-14(12)16(2,3)15(13)10-11;1-11-7-9-13(10-8-11)12-5-3-2-4-6-12;2*1-9-6-7-10-4-2-3-5-11(10)8-9;1-7-5-3-2-4-6-7/h2*2-10H,1H3;4-10H,1-3H3;2-10H,1H3;2*2-8H,1H3;2-6H,1H3. The lowest BCUT2D eigenvalue weighted by atomic mass is 9.82. The van der Waals surface area contributed by atoms with Crippen molar-refractivity contribution in [2.45, 2.75) is 67.7 Å². The molecule has 0 N–H and O–H groups in total. The minimum absolute atomic E-state index is 0.151. The minimum atomic E-state index is 0.151. The van der Waals surface area contributed by atoms with E-state index in [1.807, 2.05) is 24.3 Å². The number of rotatable bonds is 1. The summed E-state index contributed by atoms with van der Waals surface area (Å²) in [7, 11) is 0. The van der Waals surface area contributed by atoms with Crippen LogP contribution in [0.25, 0.3) is 109 Å². The van der Waals surface area contributed by atoms with Gasteiger partial charge in [0.1, 0.15) is 0 Å². The van der Waals surface area contributed by atoms with Gasteiger partial charge in [-0.1, -0.05) is 363 Å². The summed E-state index contributed by atoms with van der Waals surface area (Å²) in [5, 5.41) is 16.3. The fourth-order valence-electron chi connectivity index (χ4n) is 13.2. The Morgan fingerprint density at radius 1 is 0.196 bits per heavy atom. The average molecular weight is 1190 g/mol. The summed E-state index contributed by atoms with van der Waals surface area (Å²) in [5.41, 5.74) is 23.3. The van der Waals surface area contributed by atoms with E-state index in [4.69, 9.17) is 0 Å². The summed E-state index contributed by atoms with van der Waals surface area (Å²) in [6.07, 6.45) is 0. The molecular weight excluding hydrogens is 1110 g/mol. The summed E-state index contributed by atoms with van der Waals surface area (Å²) in [6, 6.07) is 114. The Balaban J connectivity index is 0.000000105. The molecule has 0 aliphatic heterocycles. The van der Waals surface area contributed by atoms with Crippen molar-refractivity contribution in [3.8, 4) is 44.5 Å². The molecule has 0 saturated carbocycles. The molecule has 0 radical (unpaired) electrons. The predicted molar refractivity (Wildman–Crippen MR) is 402 cm³/mol. The van der Waals surface area contributed by atoms with Crippen molar-refractivity contribution < 1.29 is 0 Å². The third-order valence-electron chi connectivity index (χ3n) is 18.2. The molecule has 0 aromatic heterocycles. The van der Waals surface area contributed by atoms with E-state index >= 15 is 0 Å². The van der Waals surface area contributed by atoms with Gasteiger partial charge in [0.2, 0.25) is 0 Å². The van der Waals surface area contributed by atoms with E-state index in [2.05, 4.69) is 360 Å². The van der Waals surface area contributed by atoms with Crippen molar-refractivity contribution in [1.82, 2.24) is 0 Å². The van der Waals surface area contributed by atoms with Crippen molar-refractivity contribution in [3.05, 3.63) is 372 Å². The van der Waals surface area contributed by atoms with Crippen LogP contribution in [-0.2, 0) is 5.41 Å². The van der Waals surface area contributed by atoms with E-state index in [1.165, 1.54) is 159 Å². The fraction of sp³-hybridized carbons (Fsp3) is 0.109. The van der Waals surface area contributed by atoms with Gasteiger partial charge in [-0.2, -0.15) is 0 Å². The number of hydrogen-bond donors (Lipinski definition) is 0. The van der Waals surface area contributed by atoms with E-state index in [1.54, 1.807) is 0 Å². The van der Waals surface area contributed by atoms with Gasteiger partial charge < -0.3 is 0 Å². The van der Waals surface area contributed by atoms with Crippen molar-refractivity contribution >= 4 is 64.6 Å². The maximum atomic E-state index is 2.33. The van der Waals surface area contributed by atoms with Crippen LogP contribution in [0.2, 0.25) is 0 Å². The van der Waals surface area contributed by atoms with E-state index in [0.717, 1.165) is 0 Å². The summed E-state index contributed by atoms with van der Waals surface area (Å²) >= 11 is 0. The Morgan fingerprint density at radius 2 is 0.565 bits per heavy atom. The quantitative estimate of drug-likeness (QED) is 0.144. The Kier molecular flexibility index (Phi) is 18.5. The van der Waals surface area contributed by atoms with Crippen molar-refractivity contribution in [2.75, 3.05) is 0 Å². The average Bonchev–Trinajstić information content (AvgIpc) is 1.34. The highest BCUT2D eigenvalue weighted by atomic mass is 14.4. The third-order valence-corrected chi connectivity index (χ3v) is 18.2. The molecule has 16 aromatic carbocycles. The predicted octanol–water partition coefficient (Wildman–Crippen LogP) is 25.9. The molecule has 16 aromatic rings. The Hall–Kier alpha value is -10.7. The second kappa shape index (κ2) is 27.6. The van der Waals surface area contributed by atoms with Crippen LogP contribution in [0.5, 0.6) is 0 Å². The first-order chi connectivity index (χ1) is 44.8. The van der Waals surface area contributed by atoms with Crippen molar-refractivity contribution in [3.63, 3.8) is 0 Å². The minimum Gasteiger partial charge on any atom is -0.0622 e. The highest BCUT2D eigenvalue weighted by Gasteiger charge is 2.34. The van der Waals surface area contributed by atoms with E-state index < -0.39 is 0 Å². The van der Waals surface area contributed by atoms with E-state index in [-0.39, 0.29) is 5.41 Å². The van der Waals surface area contributed by atoms with Crippen LogP contribution in [0.1, 0.15) is 63.9 Å². The molecule has 0 atom stereocenters. The number of hydrogen-bond acceptors (Lipinski definition) is 0. The van der Waals surface area contributed by atoms with Crippen LogP contribution < -0.4 is 0 Å². The highest BCUT2D eigenvalue weighted by molar-refractivity contribution is 6.23. The van der Waals surface area contributed by atoms with E-state index in [9.17, 15) is 0 Å². The second-order valence-electron chi connectivity index (χ2n) is 25.2. The lowest BCUT2D eigenvalue weighted by Crippen LogP contribution is -2.14. The van der Waals surface area contributed by atoms with Crippen LogP contribution in [-0.4, -0.2) is 0 Å². The van der Waals surface area contributed by atoms with Crippen LogP contribution >= 0.6 is 0 Å². The molecule has 0 heteroatoms. The lowest BCUT2D eigenvalue weighted by Gasteiger charge is -2.21. The molecule has 0 spiro atoms. The molecule has 0 nitrogen and oxygen atoms in total. The van der Waals surface area contributed by atoms with Gasteiger partial charge in [0.05, 0.1) is 0 Å². The van der Waals surface area contributed by atoms with Gasteiger partial charge in [-0.25, -0.2) is 0 Å². The van der Waals surface area contributed by atoms with E-state index in [0.29, 0.717) is 0 Å². The third kappa shape index (κ3) is 13.4. The van der Waals surface area contributed by atoms with Gasteiger partial charge in [0.25, 0.3) is 0 Å². The summed E-state index contributed by atoms with van der Waals surface area (Å²) in [6.45, 7) is 19.6. The summed E-state index contributed by atoms with van der Waals surface area (Å²) in [4.78, 5) is 0. The number of benzene rings is 16. The molecule has 92 heavy (non-hydrogen) atoms. The first-order valence-electron chi connectivity index (χ1n) is 32.3. The molecule has 18 rings (SSSR count). The Bertz CT molecular complexity index is 5060. The first kappa shape index (κ1) is 61.6. The fourth-order valence-corrected chi connectivity index (χ4v) is 13.2. The Morgan fingerprint density at radius 3 is 1.16 bits per heavy atom. The van der Waals surface area contributed by atoms with Gasteiger partial charge in [-0.05, 0) is 180 Å². The van der Waals surface area contributed by atoms with Crippen molar-refractivity contribution in [2.24, 2.45) is 0 Å². The second-order valence-corrected chi connectivity index (χ2v) is 25.2.